The number of rotatable bonds is 7. The van der Waals surface area contributed by atoms with Crippen molar-refractivity contribution in [1.82, 2.24) is 15.5 Å². The Hall–Kier alpha value is -0.570. The predicted octanol–water partition coefficient (Wildman–Crippen LogP) is 2.08. The number of likely N-dealkylation sites (tertiary alicyclic amines) is 1. The zero-order valence-corrected chi connectivity index (χ0v) is 18.0. The molecule has 0 aromatic carbocycles. The Morgan fingerprint density at radius 3 is 2.64 bits per heavy atom. The predicted molar refractivity (Wildman–Crippen MR) is 114 cm³/mol. The number of nitrogens with one attached hydrogen (secondary N) is 2. The van der Waals surface area contributed by atoms with E-state index in [1.165, 1.54) is 32.1 Å². The third-order valence-electron chi connectivity index (χ3n) is 5.10. The van der Waals surface area contributed by atoms with E-state index in [4.69, 9.17) is 10.7 Å². The molecule has 146 valence electrons. The second-order valence-electron chi connectivity index (χ2n) is 7.14. The van der Waals surface area contributed by atoms with Gasteiger partial charge in [0.2, 0.25) is 5.91 Å². The van der Waals surface area contributed by atoms with Crippen LogP contribution in [0, 0.1) is 5.92 Å². The lowest BCUT2D eigenvalue weighted by molar-refractivity contribution is -0.123. The minimum Gasteiger partial charge on any atom is -0.369 e. The molecule has 0 aromatic rings. The molecule has 1 amide bonds. The molecule has 1 atom stereocenters. The number of nitrogens with two attached hydrogens (primary N) is 1. The number of amides is 1. The number of guanidine groups is 1. The van der Waals surface area contributed by atoms with Crippen molar-refractivity contribution in [3.8, 4) is 0 Å². The molecule has 1 unspecified atom stereocenters. The van der Waals surface area contributed by atoms with Crippen molar-refractivity contribution in [2.75, 3.05) is 32.7 Å². The van der Waals surface area contributed by atoms with Gasteiger partial charge in [-0.2, -0.15) is 0 Å². The zero-order valence-electron chi connectivity index (χ0n) is 15.6. The molecule has 1 saturated carbocycles. The van der Waals surface area contributed by atoms with E-state index in [1.807, 2.05) is 0 Å². The molecule has 2 rings (SSSR count). The molecular weight excluding hydrogens is 429 g/mol. The van der Waals surface area contributed by atoms with Gasteiger partial charge in [0.15, 0.2) is 5.96 Å². The molecule has 0 bridgehead atoms. The Bertz CT molecular complexity index is 412. The van der Waals surface area contributed by atoms with Crippen LogP contribution in [0.1, 0.15) is 58.3 Å². The van der Waals surface area contributed by atoms with Crippen LogP contribution in [0.15, 0.2) is 4.99 Å². The van der Waals surface area contributed by atoms with Crippen molar-refractivity contribution in [3.05, 3.63) is 0 Å². The monoisotopic (exact) mass is 465 g/mol. The topological polar surface area (TPSA) is 82.8 Å². The van der Waals surface area contributed by atoms with Crippen LogP contribution in [0.5, 0.6) is 0 Å². The zero-order chi connectivity index (χ0) is 17.2. The van der Waals surface area contributed by atoms with E-state index < -0.39 is 0 Å². The third kappa shape index (κ3) is 8.57. The average Bonchev–Trinajstić information content (AvgIpc) is 2.60. The summed E-state index contributed by atoms with van der Waals surface area (Å²) in [6, 6.07) is 0.579. The first-order valence-electron chi connectivity index (χ1n) is 9.75. The van der Waals surface area contributed by atoms with Gasteiger partial charge in [0.05, 0.1) is 5.92 Å². The number of hydrogen-bond donors (Lipinski definition) is 3. The smallest absolute Gasteiger partial charge is 0.221 e. The maximum absolute atomic E-state index is 11.3. The first-order valence-corrected chi connectivity index (χ1v) is 9.75. The van der Waals surface area contributed by atoms with Gasteiger partial charge in [-0.3, -0.25) is 9.79 Å². The van der Waals surface area contributed by atoms with Crippen LogP contribution in [0.4, 0.5) is 0 Å². The van der Waals surface area contributed by atoms with Gasteiger partial charge in [-0.25, -0.2) is 0 Å². The van der Waals surface area contributed by atoms with Gasteiger partial charge >= 0.3 is 0 Å². The number of primary amides is 1. The summed E-state index contributed by atoms with van der Waals surface area (Å²) in [6.07, 6.45) is 9.57. The average molecular weight is 465 g/mol. The second kappa shape index (κ2) is 12.7. The second-order valence-corrected chi connectivity index (χ2v) is 7.14. The van der Waals surface area contributed by atoms with Gasteiger partial charge in [0.25, 0.3) is 0 Å². The minimum atomic E-state index is -0.149. The molecule has 1 aliphatic carbocycles. The summed E-state index contributed by atoms with van der Waals surface area (Å²) in [6.45, 7) is 6.71. The lowest BCUT2D eigenvalue weighted by Crippen LogP contribution is -2.44. The molecule has 4 N–H and O–H groups in total. The van der Waals surface area contributed by atoms with E-state index in [2.05, 4.69) is 22.5 Å². The molecule has 1 heterocycles. The fraction of sp³-hybridized carbons (Fsp3) is 0.889. The summed E-state index contributed by atoms with van der Waals surface area (Å²) in [4.78, 5) is 18.4. The number of carbonyl (C=O) groups is 1. The molecule has 0 aromatic heterocycles. The van der Waals surface area contributed by atoms with Gasteiger partial charge < -0.3 is 21.3 Å². The Labute approximate surface area is 169 Å². The fourth-order valence-electron chi connectivity index (χ4n) is 3.74. The Kier molecular flexibility index (Phi) is 11.4. The van der Waals surface area contributed by atoms with Gasteiger partial charge in [0.1, 0.15) is 0 Å². The highest BCUT2D eigenvalue weighted by molar-refractivity contribution is 14.0. The molecule has 6 nitrogen and oxygen atoms in total. The SMILES string of the molecule is CCNC(=NCCCN1CCCC(C(N)=O)C1)NC1CCCCC1.I. The lowest BCUT2D eigenvalue weighted by Gasteiger charge is -2.30. The van der Waals surface area contributed by atoms with Crippen LogP contribution in [0.2, 0.25) is 0 Å². The molecule has 0 spiro atoms. The number of nitrogens with zero attached hydrogens (tertiary/aromatic N) is 2. The Balaban J connectivity index is 0.00000312. The van der Waals surface area contributed by atoms with E-state index >= 15 is 0 Å². The van der Waals surface area contributed by atoms with E-state index in [9.17, 15) is 4.79 Å². The summed E-state index contributed by atoms with van der Waals surface area (Å²) >= 11 is 0. The van der Waals surface area contributed by atoms with Crippen molar-refractivity contribution >= 4 is 35.8 Å². The van der Waals surface area contributed by atoms with Gasteiger partial charge in [0, 0.05) is 25.7 Å². The third-order valence-corrected chi connectivity index (χ3v) is 5.10. The molecule has 1 aliphatic heterocycles. The molecular formula is C18H36IN5O. The molecule has 25 heavy (non-hydrogen) atoms. The van der Waals surface area contributed by atoms with E-state index in [1.54, 1.807) is 0 Å². The van der Waals surface area contributed by atoms with Crippen molar-refractivity contribution < 1.29 is 4.79 Å². The summed E-state index contributed by atoms with van der Waals surface area (Å²) in [5.74, 6) is 0.842. The number of halogens is 1. The minimum absolute atomic E-state index is 0. The van der Waals surface area contributed by atoms with Crippen LogP contribution in [-0.2, 0) is 4.79 Å². The van der Waals surface area contributed by atoms with Gasteiger partial charge in [-0.15, -0.1) is 24.0 Å². The highest BCUT2D eigenvalue weighted by Gasteiger charge is 2.23. The molecule has 2 aliphatic rings. The van der Waals surface area contributed by atoms with Crippen molar-refractivity contribution in [2.45, 2.75) is 64.3 Å². The van der Waals surface area contributed by atoms with Crippen LogP contribution in [0.25, 0.3) is 0 Å². The standard InChI is InChI=1S/C18H35N5O.HI/c1-2-20-18(22-16-9-4-3-5-10-16)21-11-7-13-23-12-6-8-15(14-23)17(19)24;/h15-16H,2-14H2,1H3,(H2,19,24)(H2,20,21,22);1H. The fourth-order valence-corrected chi connectivity index (χ4v) is 3.74. The van der Waals surface area contributed by atoms with E-state index in [0.29, 0.717) is 6.04 Å². The molecule has 1 saturated heterocycles. The molecule has 0 radical (unpaired) electrons. The number of carbonyl (C=O) groups excluding carboxylic acids is 1. The highest BCUT2D eigenvalue weighted by Crippen LogP contribution is 2.17. The molecule has 7 heteroatoms. The number of piperidine rings is 1. The summed E-state index contributed by atoms with van der Waals surface area (Å²) in [5, 5.41) is 6.94. The Morgan fingerprint density at radius 2 is 1.96 bits per heavy atom. The van der Waals surface area contributed by atoms with Crippen LogP contribution in [0.3, 0.4) is 0 Å². The Morgan fingerprint density at radius 1 is 1.20 bits per heavy atom. The molecule has 2 fully saturated rings. The van der Waals surface area contributed by atoms with Crippen molar-refractivity contribution in [1.29, 1.82) is 0 Å². The summed E-state index contributed by atoms with van der Waals surface area (Å²) in [5.41, 5.74) is 5.44. The summed E-state index contributed by atoms with van der Waals surface area (Å²) < 4.78 is 0. The van der Waals surface area contributed by atoms with Crippen molar-refractivity contribution in [3.63, 3.8) is 0 Å². The van der Waals surface area contributed by atoms with Crippen LogP contribution in [-0.4, -0.2) is 55.5 Å². The number of hydrogen-bond acceptors (Lipinski definition) is 3. The maximum Gasteiger partial charge on any atom is 0.221 e. The lowest BCUT2D eigenvalue weighted by atomic mass is 9.96. The maximum atomic E-state index is 11.3. The largest absolute Gasteiger partial charge is 0.369 e. The van der Waals surface area contributed by atoms with E-state index in [-0.39, 0.29) is 35.8 Å². The first kappa shape index (κ1) is 22.5. The van der Waals surface area contributed by atoms with Gasteiger partial charge in [-0.05, 0) is 52.1 Å². The van der Waals surface area contributed by atoms with Crippen molar-refractivity contribution in [2.24, 2.45) is 16.6 Å². The number of aliphatic imine (C=N–C) groups is 1. The summed E-state index contributed by atoms with van der Waals surface area (Å²) in [7, 11) is 0. The normalized spacial score (nSPS) is 22.9. The van der Waals surface area contributed by atoms with E-state index in [0.717, 1.165) is 57.9 Å². The highest BCUT2D eigenvalue weighted by atomic mass is 127. The van der Waals surface area contributed by atoms with Crippen LogP contribution >= 0.6 is 24.0 Å². The first-order chi connectivity index (χ1) is 11.7. The van der Waals surface area contributed by atoms with Gasteiger partial charge in [-0.1, -0.05) is 19.3 Å². The van der Waals surface area contributed by atoms with Crippen LogP contribution < -0.4 is 16.4 Å². The quantitative estimate of drug-likeness (QED) is 0.233.